The second-order valence-electron chi connectivity index (χ2n) is 4.27. The molecule has 0 saturated carbocycles. The molecule has 1 N–H and O–H groups in total. The summed E-state index contributed by atoms with van der Waals surface area (Å²) in [4.78, 5) is 2.21. The van der Waals surface area contributed by atoms with Crippen molar-refractivity contribution in [2.45, 2.75) is 13.1 Å². The Balaban J connectivity index is 2.25. The van der Waals surface area contributed by atoms with Crippen LogP contribution in [0, 0.1) is 0 Å². The van der Waals surface area contributed by atoms with Crippen LogP contribution < -0.4 is 10.2 Å². The number of halogens is 1. The van der Waals surface area contributed by atoms with Gasteiger partial charge in [-0.2, -0.15) is 11.3 Å². The van der Waals surface area contributed by atoms with E-state index in [1.165, 1.54) is 11.1 Å². The molecule has 1 heterocycles. The topological polar surface area (TPSA) is 15.3 Å². The lowest BCUT2D eigenvalue weighted by Gasteiger charge is -2.23. The Hall–Kier alpha value is -1.03. The number of nitrogens with one attached hydrogen (secondary N) is 1. The van der Waals surface area contributed by atoms with E-state index in [-0.39, 0.29) is 0 Å². The van der Waals surface area contributed by atoms with Gasteiger partial charge in [0.25, 0.3) is 0 Å². The molecule has 0 aliphatic heterocycles. The average molecular weight is 281 g/mol. The van der Waals surface area contributed by atoms with Crippen molar-refractivity contribution in [3.63, 3.8) is 0 Å². The van der Waals surface area contributed by atoms with Gasteiger partial charge in [-0.1, -0.05) is 23.7 Å². The number of thiophene rings is 1. The van der Waals surface area contributed by atoms with Crippen LogP contribution in [-0.2, 0) is 13.1 Å². The highest BCUT2D eigenvalue weighted by molar-refractivity contribution is 7.07. The van der Waals surface area contributed by atoms with Crippen LogP contribution >= 0.6 is 22.9 Å². The van der Waals surface area contributed by atoms with Crippen molar-refractivity contribution >= 4 is 28.6 Å². The van der Waals surface area contributed by atoms with Gasteiger partial charge >= 0.3 is 0 Å². The van der Waals surface area contributed by atoms with Crippen LogP contribution in [0.5, 0.6) is 0 Å². The Labute approximate surface area is 117 Å². The number of anilines is 1. The second-order valence-corrected chi connectivity index (χ2v) is 5.45. The lowest BCUT2D eigenvalue weighted by atomic mass is 10.1. The van der Waals surface area contributed by atoms with Crippen molar-refractivity contribution in [2.75, 3.05) is 19.0 Å². The molecule has 1 aromatic carbocycles. The van der Waals surface area contributed by atoms with Crippen molar-refractivity contribution in [3.8, 4) is 0 Å². The van der Waals surface area contributed by atoms with Gasteiger partial charge in [-0.25, -0.2) is 0 Å². The summed E-state index contributed by atoms with van der Waals surface area (Å²) in [6, 6.07) is 8.20. The van der Waals surface area contributed by atoms with Gasteiger partial charge in [-0.15, -0.1) is 0 Å². The SMILES string of the molecule is CNCc1cccc(Cl)c1N(C)Cc1ccsc1. The Morgan fingerprint density at radius 3 is 2.83 bits per heavy atom. The normalized spacial score (nSPS) is 10.6. The molecule has 0 radical (unpaired) electrons. The Bertz CT molecular complexity index is 497. The molecule has 1 aromatic heterocycles. The van der Waals surface area contributed by atoms with Gasteiger partial charge in [0, 0.05) is 20.1 Å². The number of rotatable bonds is 5. The average Bonchev–Trinajstić information content (AvgIpc) is 2.82. The van der Waals surface area contributed by atoms with Crippen LogP contribution in [0.25, 0.3) is 0 Å². The first-order valence-electron chi connectivity index (χ1n) is 5.86. The molecule has 2 aromatic rings. The number of hydrogen-bond donors (Lipinski definition) is 1. The number of hydrogen-bond acceptors (Lipinski definition) is 3. The van der Waals surface area contributed by atoms with Crippen LogP contribution in [0.1, 0.15) is 11.1 Å². The summed E-state index contributed by atoms with van der Waals surface area (Å²) in [6.45, 7) is 1.70. The van der Waals surface area contributed by atoms with Gasteiger partial charge in [-0.05, 0) is 41.1 Å². The molecule has 0 saturated heterocycles. The second kappa shape index (κ2) is 6.23. The highest BCUT2D eigenvalue weighted by Gasteiger charge is 2.11. The molecule has 0 spiro atoms. The molecule has 0 aliphatic rings. The van der Waals surface area contributed by atoms with Gasteiger partial charge in [0.15, 0.2) is 0 Å². The highest BCUT2D eigenvalue weighted by Crippen LogP contribution is 2.30. The van der Waals surface area contributed by atoms with Crippen molar-refractivity contribution in [3.05, 3.63) is 51.2 Å². The van der Waals surface area contributed by atoms with E-state index in [0.29, 0.717) is 0 Å². The van der Waals surface area contributed by atoms with E-state index < -0.39 is 0 Å². The lowest BCUT2D eigenvalue weighted by molar-refractivity contribution is 0.806. The third-order valence-corrected chi connectivity index (χ3v) is 3.86. The number of benzene rings is 1. The van der Waals surface area contributed by atoms with Gasteiger partial charge in [0.05, 0.1) is 10.7 Å². The molecule has 2 rings (SSSR count). The van der Waals surface area contributed by atoms with Crippen LogP contribution in [0.2, 0.25) is 5.02 Å². The quantitative estimate of drug-likeness (QED) is 0.897. The summed E-state index contributed by atoms with van der Waals surface area (Å²) in [5, 5.41) is 8.26. The Kier molecular flexibility index (Phi) is 4.64. The summed E-state index contributed by atoms with van der Waals surface area (Å²) in [5.41, 5.74) is 3.65. The molecule has 2 nitrogen and oxygen atoms in total. The highest BCUT2D eigenvalue weighted by atomic mass is 35.5. The maximum Gasteiger partial charge on any atom is 0.0642 e. The number of para-hydroxylation sites is 1. The minimum atomic E-state index is 0.806. The Morgan fingerprint density at radius 2 is 2.17 bits per heavy atom. The maximum atomic E-state index is 6.33. The van der Waals surface area contributed by atoms with Crippen molar-refractivity contribution in [1.82, 2.24) is 5.32 Å². The smallest absolute Gasteiger partial charge is 0.0642 e. The van der Waals surface area contributed by atoms with E-state index in [4.69, 9.17) is 11.6 Å². The minimum Gasteiger partial charge on any atom is -0.369 e. The molecule has 0 fully saturated rings. The Morgan fingerprint density at radius 1 is 1.33 bits per heavy atom. The summed E-state index contributed by atoms with van der Waals surface area (Å²) >= 11 is 8.06. The zero-order chi connectivity index (χ0) is 13.0. The van der Waals surface area contributed by atoms with Crippen molar-refractivity contribution in [1.29, 1.82) is 0 Å². The van der Waals surface area contributed by atoms with Gasteiger partial charge in [-0.3, -0.25) is 0 Å². The van der Waals surface area contributed by atoms with Crippen LogP contribution in [0.4, 0.5) is 5.69 Å². The fourth-order valence-corrected chi connectivity index (χ4v) is 3.05. The third kappa shape index (κ3) is 3.05. The predicted molar refractivity (Wildman–Crippen MR) is 80.6 cm³/mol. The monoisotopic (exact) mass is 280 g/mol. The van der Waals surface area contributed by atoms with E-state index in [1.54, 1.807) is 11.3 Å². The van der Waals surface area contributed by atoms with Gasteiger partial charge < -0.3 is 10.2 Å². The van der Waals surface area contributed by atoms with Crippen molar-refractivity contribution in [2.24, 2.45) is 0 Å². The summed E-state index contributed by atoms with van der Waals surface area (Å²) in [7, 11) is 4.03. The molecule has 18 heavy (non-hydrogen) atoms. The fraction of sp³-hybridized carbons (Fsp3) is 0.286. The molecular formula is C14H17ClN2S. The summed E-state index contributed by atoms with van der Waals surface area (Å²) < 4.78 is 0. The molecule has 0 aliphatic carbocycles. The predicted octanol–water partition coefficient (Wildman–Crippen LogP) is 3.76. The molecule has 4 heteroatoms. The van der Waals surface area contributed by atoms with E-state index in [2.05, 4.69) is 40.2 Å². The summed E-state index contributed by atoms with van der Waals surface area (Å²) in [5.74, 6) is 0. The zero-order valence-corrected chi connectivity index (χ0v) is 12.2. The molecule has 0 unspecified atom stereocenters. The first-order chi connectivity index (χ1) is 8.72. The van der Waals surface area contributed by atoms with E-state index >= 15 is 0 Å². The largest absolute Gasteiger partial charge is 0.369 e. The maximum absolute atomic E-state index is 6.33. The van der Waals surface area contributed by atoms with Gasteiger partial charge in [0.1, 0.15) is 0 Å². The van der Waals surface area contributed by atoms with E-state index in [1.807, 2.05) is 19.2 Å². The molecule has 0 bridgehead atoms. The molecule has 96 valence electrons. The number of nitrogens with zero attached hydrogens (tertiary/aromatic N) is 1. The lowest BCUT2D eigenvalue weighted by Crippen LogP contribution is -2.19. The minimum absolute atomic E-state index is 0.806. The van der Waals surface area contributed by atoms with E-state index in [0.717, 1.165) is 23.8 Å². The van der Waals surface area contributed by atoms with E-state index in [9.17, 15) is 0 Å². The molecule has 0 amide bonds. The van der Waals surface area contributed by atoms with Gasteiger partial charge in [0.2, 0.25) is 0 Å². The zero-order valence-electron chi connectivity index (χ0n) is 10.6. The molecule has 0 atom stereocenters. The fourth-order valence-electron chi connectivity index (χ4n) is 2.06. The van der Waals surface area contributed by atoms with Crippen molar-refractivity contribution < 1.29 is 0 Å². The van der Waals surface area contributed by atoms with Crippen LogP contribution in [0.3, 0.4) is 0 Å². The summed E-state index contributed by atoms with van der Waals surface area (Å²) in [6.07, 6.45) is 0. The first kappa shape index (κ1) is 13.4. The van der Waals surface area contributed by atoms with Crippen LogP contribution in [-0.4, -0.2) is 14.1 Å². The standard InChI is InChI=1S/C14H17ClN2S/c1-16-8-12-4-3-5-13(15)14(12)17(2)9-11-6-7-18-10-11/h3-7,10,16H,8-9H2,1-2H3. The molecular weight excluding hydrogens is 264 g/mol. The third-order valence-electron chi connectivity index (χ3n) is 2.82. The van der Waals surface area contributed by atoms with Crippen LogP contribution in [0.15, 0.2) is 35.0 Å². The first-order valence-corrected chi connectivity index (χ1v) is 7.18.